The summed E-state index contributed by atoms with van der Waals surface area (Å²) >= 11 is 6.07. The molecule has 21 heavy (non-hydrogen) atoms. The zero-order chi connectivity index (χ0) is 16.0. The Morgan fingerprint density at radius 1 is 1.10 bits per heavy atom. The van der Waals surface area contributed by atoms with Crippen LogP contribution in [0.1, 0.15) is 40.2 Å². The predicted molar refractivity (Wildman–Crippen MR) is 88.6 cm³/mol. The smallest absolute Gasteiger partial charge is 0.304 e. The van der Waals surface area contributed by atoms with E-state index >= 15 is 0 Å². The van der Waals surface area contributed by atoms with E-state index in [4.69, 9.17) is 20.6 Å². The summed E-state index contributed by atoms with van der Waals surface area (Å²) in [7, 11) is -3.32. The van der Waals surface area contributed by atoms with Crippen LogP contribution in [0, 0.1) is 0 Å². The zero-order valence-corrected chi connectivity index (χ0v) is 14.8. The van der Waals surface area contributed by atoms with Gasteiger partial charge >= 0.3 is 7.60 Å². The summed E-state index contributed by atoms with van der Waals surface area (Å²) in [5, 5.41) is 0.595. The molecule has 0 radical (unpaired) electrons. The summed E-state index contributed by atoms with van der Waals surface area (Å²) in [4.78, 5) is 4.31. The van der Waals surface area contributed by atoms with Crippen LogP contribution >= 0.6 is 19.2 Å². The van der Waals surface area contributed by atoms with Gasteiger partial charge in [-0.2, -0.15) is 0 Å². The van der Waals surface area contributed by atoms with Crippen molar-refractivity contribution in [3.63, 3.8) is 0 Å². The maximum absolute atomic E-state index is 12.8. The summed E-state index contributed by atoms with van der Waals surface area (Å²) < 4.78 is 23.9. The van der Waals surface area contributed by atoms with E-state index in [9.17, 15) is 4.57 Å². The Bertz CT molecular complexity index is 517. The van der Waals surface area contributed by atoms with Crippen LogP contribution in [0.4, 0.5) is 0 Å². The Morgan fingerprint density at radius 2 is 1.62 bits per heavy atom. The van der Waals surface area contributed by atoms with E-state index < -0.39 is 13.4 Å². The Hall–Kier alpha value is -0.670. The molecule has 1 aromatic carbocycles. The van der Waals surface area contributed by atoms with Gasteiger partial charge in [0.05, 0.1) is 12.2 Å². The van der Waals surface area contributed by atoms with E-state index in [0.717, 1.165) is 5.56 Å². The summed E-state index contributed by atoms with van der Waals surface area (Å²) in [6, 6.07) is 7.34. The number of halogens is 1. The van der Waals surface area contributed by atoms with Crippen molar-refractivity contribution in [2.75, 3.05) is 0 Å². The molecule has 1 aromatic rings. The second-order valence-electron chi connectivity index (χ2n) is 5.28. The molecule has 0 bridgehead atoms. The van der Waals surface area contributed by atoms with Crippen molar-refractivity contribution in [1.82, 2.24) is 0 Å². The number of hydrogen-bond acceptors (Lipinski definition) is 4. The molecule has 4 nitrogen and oxygen atoms in total. The van der Waals surface area contributed by atoms with E-state index in [1.807, 2.05) is 45.9 Å². The molecule has 118 valence electrons. The third kappa shape index (κ3) is 5.91. The van der Waals surface area contributed by atoms with Crippen molar-refractivity contribution < 1.29 is 13.6 Å². The Balaban J connectivity index is 2.93. The van der Waals surface area contributed by atoms with Crippen molar-refractivity contribution in [2.24, 2.45) is 4.99 Å². The van der Waals surface area contributed by atoms with Gasteiger partial charge in [-0.1, -0.05) is 29.8 Å². The van der Waals surface area contributed by atoms with Gasteiger partial charge < -0.3 is 9.05 Å². The average molecular weight is 332 g/mol. The molecule has 0 saturated carbocycles. The first kappa shape index (κ1) is 18.4. The second kappa shape index (κ2) is 8.09. The highest BCUT2D eigenvalue weighted by atomic mass is 35.5. The standard InChI is InChI=1S/C15H23ClNO3P/c1-11(2)19-21(18,20-12(3)4)13(5)17-10-14-8-6-7-9-15(14)16/h6-13H,1-5H3/b17-10+/t13-/m1/s1. The maximum Gasteiger partial charge on any atom is 0.355 e. The van der Waals surface area contributed by atoms with E-state index in [1.54, 1.807) is 19.2 Å². The third-order valence-electron chi connectivity index (χ3n) is 2.51. The van der Waals surface area contributed by atoms with Crippen LogP contribution in [0.15, 0.2) is 29.3 Å². The van der Waals surface area contributed by atoms with Crippen molar-refractivity contribution in [3.8, 4) is 0 Å². The highest BCUT2D eigenvalue weighted by molar-refractivity contribution is 7.54. The van der Waals surface area contributed by atoms with Crippen LogP contribution in [0.25, 0.3) is 0 Å². The fourth-order valence-corrected chi connectivity index (χ4v) is 3.63. The molecular weight excluding hydrogens is 309 g/mol. The molecule has 0 heterocycles. The van der Waals surface area contributed by atoms with Gasteiger partial charge in [0.2, 0.25) is 0 Å². The first-order chi connectivity index (χ1) is 9.74. The lowest BCUT2D eigenvalue weighted by molar-refractivity contribution is 0.138. The number of rotatable bonds is 7. The zero-order valence-electron chi connectivity index (χ0n) is 13.1. The van der Waals surface area contributed by atoms with E-state index in [2.05, 4.69) is 4.99 Å². The molecule has 0 fully saturated rings. The van der Waals surface area contributed by atoms with Gasteiger partial charge in [0.1, 0.15) is 5.78 Å². The van der Waals surface area contributed by atoms with Crippen molar-refractivity contribution in [2.45, 2.75) is 52.6 Å². The molecule has 1 rings (SSSR count). The summed E-state index contributed by atoms with van der Waals surface area (Å²) in [5.74, 6) is -0.599. The number of benzene rings is 1. The Kier molecular flexibility index (Phi) is 7.08. The highest BCUT2D eigenvalue weighted by Crippen LogP contribution is 2.55. The second-order valence-corrected chi connectivity index (χ2v) is 7.94. The topological polar surface area (TPSA) is 47.9 Å². The van der Waals surface area contributed by atoms with Gasteiger partial charge in [-0.05, 0) is 40.7 Å². The molecule has 0 spiro atoms. The lowest BCUT2D eigenvalue weighted by Crippen LogP contribution is -2.15. The van der Waals surface area contributed by atoms with Crippen LogP contribution in [-0.2, 0) is 13.6 Å². The lowest BCUT2D eigenvalue weighted by Gasteiger charge is -2.25. The molecule has 0 aliphatic heterocycles. The first-order valence-electron chi connectivity index (χ1n) is 6.99. The third-order valence-corrected chi connectivity index (χ3v) is 5.33. The van der Waals surface area contributed by atoms with Crippen LogP contribution in [-0.4, -0.2) is 24.2 Å². The number of nitrogens with zero attached hydrogens (tertiary/aromatic N) is 1. The van der Waals surface area contributed by atoms with Crippen molar-refractivity contribution in [1.29, 1.82) is 0 Å². The largest absolute Gasteiger partial charge is 0.355 e. The molecule has 0 aliphatic rings. The number of hydrogen-bond donors (Lipinski definition) is 0. The Labute approximate surface area is 132 Å². The molecule has 0 saturated heterocycles. The van der Waals surface area contributed by atoms with Crippen LogP contribution in [0.2, 0.25) is 5.02 Å². The average Bonchev–Trinajstić information content (AvgIpc) is 2.35. The quantitative estimate of drug-likeness (QED) is 0.513. The van der Waals surface area contributed by atoms with Gasteiger partial charge in [0.25, 0.3) is 0 Å². The Morgan fingerprint density at radius 3 is 2.10 bits per heavy atom. The number of aliphatic imine (C=N–C) groups is 1. The molecule has 0 amide bonds. The SMILES string of the molecule is CC(C)OP(=O)(OC(C)C)[C@H](C)/N=C/c1ccccc1Cl. The summed E-state index contributed by atoms with van der Waals surface area (Å²) in [6.07, 6.45) is 1.20. The van der Waals surface area contributed by atoms with Crippen LogP contribution in [0.3, 0.4) is 0 Å². The molecule has 6 heteroatoms. The van der Waals surface area contributed by atoms with Gasteiger partial charge in [-0.25, -0.2) is 0 Å². The molecule has 0 aromatic heterocycles. The van der Waals surface area contributed by atoms with Crippen molar-refractivity contribution >= 4 is 25.4 Å². The minimum absolute atomic E-state index is 0.201. The monoisotopic (exact) mass is 331 g/mol. The highest BCUT2D eigenvalue weighted by Gasteiger charge is 2.34. The minimum Gasteiger partial charge on any atom is -0.304 e. The van der Waals surface area contributed by atoms with E-state index in [-0.39, 0.29) is 12.2 Å². The van der Waals surface area contributed by atoms with Crippen molar-refractivity contribution in [3.05, 3.63) is 34.9 Å². The molecule has 0 N–H and O–H groups in total. The molecule has 1 atom stereocenters. The first-order valence-corrected chi connectivity index (χ1v) is 8.98. The summed E-state index contributed by atoms with van der Waals surface area (Å²) in [6.45, 7) is 9.00. The molecule has 0 unspecified atom stereocenters. The van der Waals surface area contributed by atoms with Gasteiger partial charge in [-0.3, -0.25) is 9.56 Å². The fraction of sp³-hybridized carbons (Fsp3) is 0.533. The normalized spacial score (nSPS) is 14.3. The van der Waals surface area contributed by atoms with E-state index in [1.165, 1.54) is 0 Å². The van der Waals surface area contributed by atoms with Gasteiger partial charge in [0, 0.05) is 16.8 Å². The minimum atomic E-state index is -3.32. The van der Waals surface area contributed by atoms with Gasteiger partial charge in [0.15, 0.2) is 0 Å². The van der Waals surface area contributed by atoms with Gasteiger partial charge in [-0.15, -0.1) is 0 Å². The summed E-state index contributed by atoms with van der Waals surface area (Å²) in [5.41, 5.74) is 0.770. The molecule has 0 aliphatic carbocycles. The van der Waals surface area contributed by atoms with Crippen LogP contribution < -0.4 is 0 Å². The lowest BCUT2D eigenvalue weighted by atomic mass is 10.2. The predicted octanol–water partition coefficient (Wildman–Crippen LogP) is 5.15. The molecular formula is C15H23ClNO3P. The fourth-order valence-electron chi connectivity index (χ4n) is 1.64. The van der Waals surface area contributed by atoms with E-state index in [0.29, 0.717) is 5.02 Å². The van der Waals surface area contributed by atoms with Crippen LogP contribution in [0.5, 0.6) is 0 Å². The maximum atomic E-state index is 12.8.